The fraction of sp³-hybridized carbons (Fsp3) is 0.211. The number of hydrogen-bond donors (Lipinski definition) is 1. The van der Waals surface area contributed by atoms with E-state index >= 15 is 0 Å². The number of nitrogens with one attached hydrogen (secondary N) is 1. The molecule has 10 heteroatoms. The molecule has 2 rings (SSSR count). The third kappa shape index (κ3) is 5.80. The summed E-state index contributed by atoms with van der Waals surface area (Å²) in [6, 6.07) is 9.83. The fourth-order valence-electron chi connectivity index (χ4n) is 2.19. The molecule has 0 atom stereocenters. The normalized spacial score (nSPS) is 11.7. The van der Waals surface area contributed by atoms with Crippen molar-refractivity contribution in [1.82, 2.24) is 9.79 Å². The van der Waals surface area contributed by atoms with E-state index in [-0.39, 0.29) is 22.6 Å². The Morgan fingerprint density at radius 3 is 2.52 bits per heavy atom. The zero-order chi connectivity index (χ0) is 21.7. The lowest BCUT2D eigenvalue weighted by Crippen LogP contribution is -2.27. The number of amides is 1. The van der Waals surface area contributed by atoms with Gasteiger partial charge in [-0.15, -0.1) is 0 Å². The first-order valence-corrected chi connectivity index (χ1v) is 9.57. The highest BCUT2D eigenvalue weighted by molar-refractivity contribution is 7.89. The quantitative estimate of drug-likeness (QED) is 0.589. The van der Waals surface area contributed by atoms with Gasteiger partial charge in [-0.05, 0) is 36.4 Å². The molecule has 0 heterocycles. The Labute approximate surface area is 166 Å². The van der Waals surface area contributed by atoms with Crippen LogP contribution in [-0.4, -0.2) is 39.5 Å². The molecule has 2 aromatic rings. The summed E-state index contributed by atoms with van der Waals surface area (Å²) >= 11 is 0. The molecule has 6 nitrogen and oxygen atoms in total. The minimum atomic E-state index is -4.46. The number of alkyl halides is 3. The first-order valence-electron chi connectivity index (χ1n) is 8.13. The Morgan fingerprint density at radius 1 is 1.17 bits per heavy atom. The van der Waals surface area contributed by atoms with Crippen molar-refractivity contribution in [2.45, 2.75) is 11.1 Å². The van der Waals surface area contributed by atoms with Crippen LogP contribution in [0.3, 0.4) is 0 Å². The minimum absolute atomic E-state index is 0.0800. The topological polar surface area (TPSA) is 75.7 Å². The number of carbonyl (C=O) groups excluding carboxylic acids is 1. The molecule has 0 spiro atoms. The molecule has 0 saturated carbocycles. The minimum Gasteiger partial charge on any atom is -0.341 e. The van der Waals surface area contributed by atoms with E-state index < -0.39 is 27.7 Å². The van der Waals surface area contributed by atoms with Gasteiger partial charge in [0.15, 0.2) is 0 Å². The predicted octanol–water partition coefficient (Wildman–Crippen LogP) is 2.67. The van der Waals surface area contributed by atoms with Crippen molar-refractivity contribution >= 4 is 15.9 Å². The molecular formula is C19H17F3N2O4S. The van der Waals surface area contributed by atoms with Crippen molar-refractivity contribution in [2.24, 2.45) is 0 Å². The Morgan fingerprint density at radius 2 is 1.86 bits per heavy atom. The van der Waals surface area contributed by atoms with Gasteiger partial charge in [0, 0.05) is 18.2 Å². The summed E-state index contributed by atoms with van der Waals surface area (Å²) in [5, 5.41) is 2.46. The summed E-state index contributed by atoms with van der Waals surface area (Å²) in [6.45, 7) is -0.135. The maximum atomic E-state index is 12.7. The maximum Gasteiger partial charge on any atom is 0.416 e. The molecule has 2 aromatic carbocycles. The second kappa shape index (κ2) is 9.09. The SMILES string of the molecule is CON(C)S(=O)(=O)c1cccc(C(=O)NCC#Cc2cccc(C(F)(F)F)c2)c1. The van der Waals surface area contributed by atoms with E-state index in [4.69, 9.17) is 0 Å². The van der Waals surface area contributed by atoms with Crippen molar-refractivity contribution in [3.8, 4) is 11.8 Å². The van der Waals surface area contributed by atoms with Gasteiger partial charge in [-0.1, -0.05) is 28.4 Å². The third-order valence-corrected chi connectivity index (χ3v) is 5.43. The van der Waals surface area contributed by atoms with Crippen LogP contribution in [0.2, 0.25) is 0 Å². The van der Waals surface area contributed by atoms with Crippen LogP contribution in [0.1, 0.15) is 21.5 Å². The zero-order valence-electron chi connectivity index (χ0n) is 15.4. The van der Waals surface area contributed by atoms with Crippen LogP contribution in [0.5, 0.6) is 0 Å². The van der Waals surface area contributed by atoms with Crippen LogP contribution in [0, 0.1) is 11.8 Å². The Kier molecular flexibility index (Phi) is 7.02. The lowest BCUT2D eigenvalue weighted by molar-refractivity contribution is -0.137. The van der Waals surface area contributed by atoms with Gasteiger partial charge in [0.25, 0.3) is 15.9 Å². The van der Waals surface area contributed by atoms with E-state index in [1.54, 1.807) is 0 Å². The average Bonchev–Trinajstić information content (AvgIpc) is 2.70. The van der Waals surface area contributed by atoms with Gasteiger partial charge in [0.1, 0.15) is 0 Å². The summed E-state index contributed by atoms with van der Waals surface area (Å²) in [4.78, 5) is 16.7. The van der Waals surface area contributed by atoms with Gasteiger partial charge >= 0.3 is 6.18 Å². The van der Waals surface area contributed by atoms with E-state index in [0.29, 0.717) is 4.47 Å². The highest BCUT2D eigenvalue weighted by Gasteiger charge is 2.30. The van der Waals surface area contributed by atoms with E-state index in [9.17, 15) is 26.4 Å². The van der Waals surface area contributed by atoms with Crippen molar-refractivity contribution in [3.63, 3.8) is 0 Å². The van der Waals surface area contributed by atoms with Crippen LogP contribution < -0.4 is 5.32 Å². The largest absolute Gasteiger partial charge is 0.416 e. The summed E-state index contributed by atoms with van der Waals surface area (Å²) < 4.78 is 63.1. The molecule has 0 aromatic heterocycles. The van der Waals surface area contributed by atoms with E-state index in [2.05, 4.69) is 22.0 Å². The second-order valence-corrected chi connectivity index (χ2v) is 7.62. The van der Waals surface area contributed by atoms with Gasteiger partial charge in [-0.2, -0.15) is 13.2 Å². The second-order valence-electron chi connectivity index (χ2n) is 5.69. The van der Waals surface area contributed by atoms with Crippen LogP contribution in [-0.2, 0) is 21.0 Å². The van der Waals surface area contributed by atoms with Crippen LogP contribution in [0.15, 0.2) is 53.4 Å². The molecule has 0 aliphatic heterocycles. The number of benzene rings is 2. The molecule has 1 N–H and O–H groups in total. The fourth-order valence-corrected chi connectivity index (χ4v) is 3.21. The van der Waals surface area contributed by atoms with Crippen LogP contribution >= 0.6 is 0 Å². The van der Waals surface area contributed by atoms with Gasteiger partial charge in [0.05, 0.1) is 24.1 Å². The molecule has 0 radical (unpaired) electrons. The van der Waals surface area contributed by atoms with E-state index in [1.165, 1.54) is 50.6 Å². The number of sulfonamides is 1. The van der Waals surface area contributed by atoms with Crippen LogP contribution in [0.25, 0.3) is 0 Å². The number of nitrogens with zero attached hydrogens (tertiary/aromatic N) is 1. The van der Waals surface area contributed by atoms with Crippen molar-refractivity contribution in [2.75, 3.05) is 20.7 Å². The van der Waals surface area contributed by atoms with Gasteiger partial charge in [-0.3, -0.25) is 9.63 Å². The highest BCUT2D eigenvalue weighted by Crippen LogP contribution is 2.29. The third-order valence-electron chi connectivity index (χ3n) is 3.75. The molecule has 29 heavy (non-hydrogen) atoms. The smallest absolute Gasteiger partial charge is 0.341 e. The molecule has 154 valence electrons. The molecule has 1 amide bonds. The van der Waals surface area contributed by atoms with E-state index in [0.717, 1.165) is 12.1 Å². The number of halogens is 3. The van der Waals surface area contributed by atoms with Gasteiger partial charge in [0.2, 0.25) is 0 Å². The molecular weight excluding hydrogens is 409 g/mol. The van der Waals surface area contributed by atoms with Crippen molar-refractivity contribution in [3.05, 3.63) is 65.2 Å². The van der Waals surface area contributed by atoms with E-state index in [1.807, 2.05) is 0 Å². The summed E-state index contributed by atoms with van der Waals surface area (Å²) in [7, 11) is -1.51. The van der Waals surface area contributed by atoms with Gasteiger partial charge < -0.3 is 5.32 Å². The monoisotopic (exact) mass is 426 g/mol. The lowest BCUT2D eigenvalue weighted by Gasteiger charge is -2.14. The Balaban J connectivity index is 2.07. The first-order chi connectivity index (χ1) is 13.6. The standard InChI is InChI=1S/C19H17F3N2O4S/c1-24(28-2)29(26,27)17-10-4-8-15(13-17)18(25)23-11-5-7-14-6-3-9-16(12-14)19(20,21)22/h3-4,6,8-10,12-13H,11H2,1-2H3,(H,23,25). The average molecular weight is 426 g/mol. The zero-order valence-corrected chi connectivity index (χ0v) is 16.3. The van der Waals surface area contributed by atoms with Crippen LogP contribution in [0.4, 0.5) is 13.2 Å². The lowest BCUT2D eigenvalue weighted by atomic mass is 10.1. The Hall–Kier alpha value is -2.87. The summed E-state index contributed by atoms with van der Waals surface area (Å²) in [5.41, 5.74) is -0.575. The summed E-state index contributed by atoms with van der Waals surface area (Å²) in [5.74, 6) is 4.51. The Bertz CT molecular complexity index is 1060. The predicted molar refractivity (Wildman–Crippen MR) is 99.1 cm³/mol. The molecule has 0 aliphatic rings. The van der Waals surface area contributed by atoms with Gasteiger partial charge in [-0.25, -0.2) is 8.42 Å². The molecule has 0 unspecified atom stereocenters. The maximum absolute atomic E-state index is 12.7. The number of carbonyl (C=O) groups is 1. The summed E-state index contributed by atoms with van der Waals surface area (Å²) in [6.07, 6.45) is -4.46. The molecule has 0 aliphatic carbocycles. The number of hydrogen-bond acceptors (Lipinski definition) is 4. The highest BCUT2D eigenvalue weighted by atomic mass is 32.2. The molecule has 0 fully saturated rings. The molecule has 0 saturated heterocycles. The van der Waals surface area contributed by atoms with Crippen molar-refractivity contribution < 1.29 is 31.2 Å². The van der Waals surface area contributed by atoms with Crippen molar-refractivity contribution in [1.29, 1.82) is 0 Å². The first kappa shape index (κ1) is 22.4. The number of hydroxylamine groups is 1. The molecule has 0 bridgehead atoms. The number of rotatable bonds is 5.